The molecule has 1 amide bonds. The molecule has 2 N–H and O–H groups in total. The lowest BCUT2D eigenvalue weighted by Gasteiger charge is -2.41. The van der Waals surface area contributed by atoms with Crippen molar-refractivity contribution in [3.05, 3.63) is 28.2 Å². The Bertz CT molecular complexity index is 810. The van der Waals surface area contributed by atoms with Gasteiger partial charge in [0.1, 0.15) is 0 Å². The molecule has 8 heteroatoms. The molecule has 0 bridgehead atoms. The highest BCUT2D eigenvalue weighted by atomic mass is 79.9. The molecule has 0 radical (unpaired) electrons. The first-order valence-electron chi connectivity index (χ1n) is 9.69. The Morgan fingerprint density at radius 1 is 1.11 bits per heavy atom. The van der Waals surface area contributed by atoms with Crippen molar-refractivity contribution in [1.29, 1.82) is 0 Å². The summed E-state index contributed by atoms with van der Waals surface area (Å²) in [4.78, 5) is 15.3. The molecule has 1 aromatic rings. The van der Waals surface area contributed by atoms with E-state index in [1.54, 1.807) is 26.8 Å². The lowest BCUT2D eigenvalue weighted by molar-refractivity contribution is 0.0797. The Morgan fingerprint density at radius 2 is 1.71 bits per heavy atom. The molecule has 1 fully saturated rings. The number of halogens is 1. The fourth-order valence-corrected chi connectivity index (χ4v) is 5.18. The molecular formula is C20H32BrN3O3S. The van der Waals surface area contributed by atoms with E-state index in [-0.39, 0.29) is 16.3 Å². The first kappa shape index (κ1) is 23.3. The second kappa shape index (κ2) is 8.81. The van der Waals surface area contributed by atoms with E-state index in [4.69, 9.17) is 0 Å². The summed E-state index contributed by atoms with van der Waals surface area (Å²) in [6.07, 6.45) is 3.63. The van der Waals surface area contributed by atoms with Crippen LogP contribution in [0.4, 0.5) is 0 Å². The van der Waals surface area contributed by atoms with Crippen molar-refractivity contribution >= 4 is 31.9 Å². The van der Waals surface area contributed by atoms with E-state index in [2.05, 4.69) is 44.7 Å². The molecule has 0 aliphatic carbocycles. The molecule has 0 saturated carbocycles. The number of benzene rings is 1. The summed E-state index contributed by atoms with van der Waals surface area (Å²) in [6.45, 7) is 12.2. The maximum absolute atomic E-state index is 12.8. The van der Waals surface area contributed by atoms with Crippen LogP contribution in [-0.2, 0) is 10.0 Å². The van der Waals surface area contributed by atoms with Crippen LogP contribution >= 0.6 is 15.9 Å². The maximum Gasteiger partial charge on any atom is 0.252 e. The number of carbonyl (C=O) groups excluding carboxylic acids is 1. The van der Waals surface area contributed by atoms with Gasteiger partial charge in [0.2, 0.25) is 10.0 Å². The lowest BCUT2D eigenvalue weighted by atomic mass is 9.98. The summed E-state index contributed by atoms with van der Waals surface area (Å²) in [6, 6.07) is 4.51. The van der Waals surface area contributed by atoms with Crippen LogP contribution in [0.1, 0.15) is 64.2 Å². The first-order chi connectivity index (χ1) is 12.8. The Hall–Kier alpha value is -0.960. The minimum Gasteiger partial charge on any atom is -0.350 e. The molecule has 1 aliphatic rings. The highest BCUT2D eigenvalue weighted by Gasteiger charge is 2.29. The molecule has 158 valence electrons. The highest BCUT2D eigenvalue weighted by molar-refractivity contribution is 9.10. The van der Waals surface area contributed by atoms with E-state index in [9.17, 15) is 13.2 Å². The van der Waals surface area contributed by atoms with Gasteiger partial charge in [-0.05, 0) is 94.7 Å². The van der Waals surface area contributed by atoms with Gasteiger partial charge in [-0.15, -0.1) is 0 Å². The molecular weight excluding hydrogens is 442 g/mol. The van der Waals surface area contributed by atoms with Gasteiger partial charge in [-0.3, -0.25) is 9.69 Å². The number of sulfonamides is 1. The van der Waals surface area contributed by atoms with E-state index >= 15 is 0 Å². The zero-order valence-corrected chi connectivity index (χ0v) is 19.8. The van der Waals surface area contributed by atoms with E-state index in [0.29, 0.717) is 16.6 Å². The Kier molecular flexibility index (Phi) is 7.34. The van der Waals surface area contributed by atoms with Crippen LogP contribution < -0.4 is 10.0 Å². The van der Waals surface area contributed by atoms with Crippen molar-refractivity contribution in [2.24, 2.45) is 0 Å². The Morgan fingerprint density at radius 3 is 2.29 bits per heavy atom. The molecule has 1 aromatic carbocycles. The quantitative estimate of drug-likeness (QED) is 0.662. The van der Waals surface area contributed by atoms with Crippen molar-refractivity contribution in [3.63, 3.8) is 0 Å². The third kappa shape index (κ3) is 6.27. The third-order valence-electron chi connectivity index (χ3n) is 4.83. The first-order valence-corrected chi connectivity index (χ1v) is 12.0. The predicted octanol–water partition coefficient (Wildman–Crippen LogP) is 3.52. The summed E-state index contributed by atoms with van der Waals surface area (Å²) in [5.41, 5.74) is -0.446. The number of likely N-dealkylation sites (tertiary alicyclic amines) is 1. The van der Waals surface area contributed by atoms with Crippen LogP contribution in [0.15, 0.2) is 27.6 Å². The zero-order chi connectivity index (χ0) is 21.2. The summed E-state index contributed by atoms with van der Waals surface area (Å²) in [5.74, 6) is -0.287. The summed E-state index contributed by atoms with van der Waals surface area (Å²) < 4.78 is 28.4. The molecule has 0 aromatic heterocycles. The molecule has 1 saturated heterocycles. The van der Waals surface area contributed by atoms with Gasteiger partial charge < -0.3 is 5.32 Å². The molecule has 1 heterocycles. The molecule has 6 nitrogen and oxygen atoms in total. The third-order valence-corrected chi connectivity index (χ3v) is 7.27. The Labute approximate surface area is 177 Å². The van der Waals surface area contributed by atoms with Crippen molar-refractivity contribution in [3.8, 4) is 0 Å². The minimum atomic E-state index is -3.71. The highest BCUT2D eigenvalue weighted by Crippen LogP contribution is 2.23. The van der Waals surface area contributed by atoms with Crippen molar-refractivity contribution < 1.29 is 13.2 Å². The average molecular weight is 474 g/mol. The molecule has 0 unspecified atom stereocenters. The van der Waals surface area contributed by atoms with Gasteiger partial charge in [0.15, 0.2) is 0 Å². The fourth-order valence-electron chi connectivity index (χ4n) is 3.31. The van der Waals surface area contributed by atoms with Gasteiger partial charge in [0, 0.05) is 22.1 Å². The van der Waals surface area contributed by atoms with Gasteiger partial charge >= 0.3 is 0 Å². The lowest BCUT2D eigenvalue weighted by Crippen LogP contribution is -2.53. The summed E-state index contributed by atoms with van der Waals surface area (Å²) >= 11 is 3.37. The van der Waals surface area contributed by atoms with Crippen molar-refractivity contribution in [2.75, 3.05) is 19.6 Å². The van der Waals surface area contributed by atoms with Crippen LogP contribution in [0.5, 0.6) is 0 Å². The monoisotopic (exact) mass is 473 g/mol. The molecule has 1 aliphatic heterocycles. The van der Waals surface area contributed by atoms with E-state index in [1.807, 2.05) is 0 Å². The number of hydrogen-bond donors (Lipinski definition) is 2. The summed E-state index contributed by atoms with van der Waals surface area (Å²) in [7, 11) is -3.71. The topological polar surface area (TPSA) is 78.5 Å². The van der Waals surface area contributed by atoms with Gasteiger partial charge in [0.05, 0.1) is 10.5 Å². The maximum atomic E-state index is 12.8. The SMILES string of the molecule is CC(C)(C)NS(=O)(=O)c1ccc(Br)c(C(=O)NCC(C)(C)N2CCCCC2)c1. The smallest absolute Gasteiger partial charge is 0.252 e. The van der Waals surface area contributed by atoms with Crippen molar-refractivity contribution in [1.82, 2.24) is 14.9 Å². The second-order valence-electron chi connectivity index (χ2n) is 9.04. The summed E-state index contributed by atoms with van der Waals surface area (Å²) in [5, 5.41) is 2.98. The molecule has 28 heavy (non-hydrogen) atoms. The van der Waals surface area contributed by atoms with E-state index in [1.165, 1.54) is 31.4 Å². The van der Waals surface area contributed by atoms with E-state index in [0.717, 1.165) is 13.1 Å². The zero-order valence-electron chi connectivity index (χ0n) is 17.4. The number of amides is 1. The average Bonchev–Trinajstić information content (AvgIpc) is 2.58. The van der Waals surface area contributed by atoms with Crippen LogP contribution in [0.3, 0.4) is 0 Å². The number of nitrogens with zero attached hydrogens (tertiary/aromatic N) is 1. The molecule has 0 atom stereocenters. The fraction of sp³-hybridized carbons (Fsp3) is 0.650. The normalized spacial score (nSPS) is 16.8. The van der Waals surface area contributed by atoms with Crippen molar-refractivity contribution in [2.45, 2.75) is 69.9 Å². The largest absolute Gasteiger partial charge is 0.350 e. The number of carbonyl (C=O) groups is 1. The number of piperidine rings is 1. The standard InChI is InChI=1S/C20H32BrN3O3S/c1-19(2,3)23-28(26,27)15-9-10-17(21)16(13-15)18(25)22-14-20(4,5)24-11-7-6-8-12-24/h9-10,13,23H,6-8,11-12,14H2,1-5H3,(H,22,25). The van der Waals surface area contributed by atoms with E-state index < -0.39 is 15.6 Å². The number of rotatable bonds is 6. The predicted molar refractivity (Wildman–Crippen MR) is 116 cm³/mol. The van der Waals surface area contributed by atoms with Gasteiger partial charge in [-0.1, -0.05) is 6.42 Å². The molecule has 2 rings (SSSR count). The number of hydrogen-bond acceptors (Lipinski definition) is 4. The van der Waals surface area contributed by atoms with Crippen LogP contribution in [0.25, 0.3) is 0 Å². The van der Waals surface area contributed by atoms with Gasteiger partial charge in [-0.25, -0.2) is 13.1 Å². The Balaban J connectivity index is 2.15. The molecule has 0 spiro atoms. The van der Waals surface area contributed by atoms with Gasteiger partial charge in [0.25, 0.3) is 5.91 Å². The van der Waals surface area contributed by atoms with Gasteiger partial charge in [-0.2, -0.15) is 0 Å². The second-order valence-corrected chi connectivity index (χ2v) is 11.6. The van der Waals surface area contributed by atoms with Crippen LogP contribution in [0, 0.1) is 0 Å². The van der Waals surface area contributed by atoms with Crippen LogP contribution in [0.2, 0.25) is 0 Å². The minimum absolute atomic E-state index is 0.0751. The van der Waals surface area contributed by atoms with Crippen LogP contribution in [-0.4, -0.2) is 49.9 Å². The number of nitrogens with one attached hydrogen (secondary N) is 2.